The Balaban J connectivity index is 0.000000109. The van der Waals surface area contributed by atoms with E-state index in [1.165, 1.54) is 66.8 Å². The van der Waals surface area contributed by atoms with Crippen molar-refractivity contribution < 1.29 is 47.3 Å². The van der Waals surface area contributed by atoms with Crippen molar-refractivity contribution in [2.75, 3.05) is 54.9 Å². The molecule has 2 fully saturated rings. The lowest BCUT2D eigenvalue weighted by molar-refractivity contribution is 0.290. The number of hydrogen-bond donors (Lipinski definition) is 2. The molecule has 0 aliphatic carbocycles. The Bertz CT molecular complexity index is 5950. The lowest BCUT2D eigenvalue weighted by Gasteiger charge is -2.11. The maximum atomic E-state index is 9.70. The van der Waals surface area contributed by atoms with E-state index in [-0.39, 0.29) is 21.4 Å². The monoisotopic (exact) mass is 1520 g/mol. The van der Waals surface area contributed by atoms with Gasteiger partial charge in [0.05, 0.1) is 70.9 Å². The summed E-state index contributed by atoms with van der Waals surface area (Å²) in [6, 6.07) is 118. The van der Waals surface area contributed by atoms with E-state index in [9.17, 15) is 10.0 Å². The van der Waals surface area contributed by atoms with Gasteiger partial charge in [0.25, 0.3) is 0 Å². The Morgan fingerprint density at radius 2 is 0.534 bits per heavy atom. The third-order valence-electron chi connectivity index (χ3n) is 20.8. The van der Waals surface area contributed by atoms with E-state index in [1.807, 2.05) is 126 Å². The van der Waals surface area contributed by atoms with Crippen molar-refractivity contribution in [1.82, 2.24) is 22.0 Å². The lowest BCUT2D eigenvalue weighted by atomic mass is 9.83. The number of hydrogen-bond acceptors (Lipinski definition) is 10. The molecule has 2 aliphatic heterocycles. The third-order valence-corrected chi connectivity index (χ3v) is 20.8. The standard InChI is InChI=1S/C22H18BNO2.C22H20BNO2.C20H16BNO2.C16H14BNO2.C16H16BNO2/c1-3-8-17(9-4-1)19-16-24-20(22(19)18-10-5-2-6-11-18)12-7-13-21(24)23-25-14-15-26-23;1-25-23(26-2)21-15-9-14-20-22(18-12-7-4-8-13-18)19(16-24(20)21)17-10-5-3-6-11-17;23-21(24)19-13-7-12-18-20(16-10-5-2-6-11-16)17(14-22(18)19)15-8-3-1-4-9-15;1-2-5-13(6-3-1)14-11-15-7-4-8-16(18(15)12-14)17-19-9-10-20-17;1-19-17(20-2)16-10-6-9-15-11-14(12-18(15)16)13-7-4-3-5-8-13/h1-13,16H,14-15H2;3-16H,1-2H3;1-14,23-24H;1-8,11-12H,9-10H2;3-12H,1-2H3. The molecule has 20 rings (SSSR count). The van der Waals surface area contributed by atoms with Gasteiger partial charge in [-0.25, -0.2) is 0 Å². The van der Waals surface area contributed by atoms with Crippen LogP contribution in [0.15, 0.2) is 377 Å². The normalized spacial score (nSPS) is 12.4. The highest BCUT2D eigenvalue weighted by atomic mass is 16.6. The first kappa shape index (κ1) is 77.4. The molecule has 2 saturated heterocycles. The molecule has 0 unspecified atom stereocenters. The summed E-state index contributed by atoms with van der Waals surface area (Å²) in [7, 11) is 3.75. The van der Waals surface area contributed by atoms with Gasteiger partial charge < -0.3 is 69.3 Å². The minimum absolute atomic E-state index is 0.255. The quantitative estimate of drug-likeness (QED) is 0.0848. The molecule has 2 N–H and O–H groups in total. The molecule has 15 nitrogen and oxygen atoms in total. The summed E-state index contributed by atoms with van der Waals surface area (Å²) in [6.07, 6.45) is 10.6. The van der Waals surface area contributed by atoms with Crippen molar-refractivity contribution in [1.29, 1.82) is 0 Å². The van der Waals surface area contributed by atoms with E-state index in [0.717, 1.165) is 72.2 Å². The van der Waals surface area contributed by atoms with Crippen molar-refractivity contribution in [3.05, 3.63) is 377 Å². The first-order valence-corrected chi connectivity index (χ1v) is 38.8. The number of fused-ring (bicyclic) bond motifs is 5. The molecule has 116 heavy (non-hydrogen) atoms. The second kappa shape index (κ2) is 36.7. The maximum Gasteiger partial charge on any atom is 0.511 e. The van der Waals surface area contributed by atoms with Gasteiger partial charge in [-0.15, -0.1) is 0 Å². The first-order valence-electron chi connectivity index (χ1n) is 38.8. The Hall–Kier alpha value is -12.5. The van der Waals surface area contributed by atoms with Gasteiger partial charge >= 0.3 is 35.6 Å². The highest BCUT2D eigenvalue weighted by Gasteiger charge is 2.32. The van der Waals surface area contributed by atoms with Gasteiger partial charge in [-0.3, -0.25) is 0 Å². The van der Waals surface area contributed by atoms with Crippen LogP contribution in [0.2, 0.25) is 0 Å². The zero-order valence-electron chi connectivity index (χ0n) is 64.9. The van der Waals surface area contributed by atoms with Crippen LogP contribution in [0.3, 0.4) is 0 Å². The molecule has 0 bridgehead atoms. The molecule has 568 valence electrons. The molecule has 8 aromatic carbocycles. The van der Waals surface area contributed by atoms with Gasteiger partial charge in [0, 0.05) is 115 Å². The Morgan fingerprint density at radius 3 is 0.905 bits per heavy atom. The first-order chi connectivity index (χ1) is 57.2. The van der Waals surface area contributed by atoms with E-state index >= 15 is 0 Å². The smallest absolute Gasteiger partial charge is 0.422 e. The van der Waals surface area contributed by atoms with Gasteiger partial charge in [0.2, 0.25) is 0 Å². The van der Waals surface area contributed by atoms with E-state index in [4.69, 9.17) is 37.2 Å². The zero-order valence-corrected chi connectivity index (χ0v) is 64.9. The van der Waals surface area contributed by atoms with E-state index in [2.05, 4.69) is 267 Å². The SMILES string of the molecule is COB(OC)c1cccc2c(-c3ccccc3)c(-c3ccccc3)cn12.COB(OC)c1cccc2cc(-c3ccccc3)cn12.OB(O)c1cccc2c(-c3ccccc3)c(-c3ccccc3)cn12.c1ccc(-c2cc3cccc(B4OCCO4)n3c2)cc1.c1ccc(-c2cn3c(B4OCCO4)cccc3c2-c2ccccc2)cc1. The fraction of sp³-hybridized carbons (Fsp3) is 0.0833. The van der Waals surface area contributed by atoms with Crippen molar-refractivity contribution in [2.24, 2.45) is 0 Å². The fourth-order valence-electron chi connectivity index (χ4n) is 15.5. The Kier molecular flexibility index (Phi) is 24.5. The zero-order chi connectivity index (χ0) is 79.1. The summed E-state index contributed by atoms with van der Waals surface area (Å²) in [5.41, 5.74) is 28.8. The maximum absolute atomic E-state index is 9.70. The average Bonchev–Trinajstić information content (AvgIpc) is 1.61. The molecule has 2 aliphatic rings. The highest BCUT2D eigenvalue weighted by Crippen LogP contribution is 2.40. The summed E-state index contributed by atoms with van der Waals surface area (Å²) in [5, 5.41) is 19.4. The van der Waals surface area contributed by atoms with Crippen LogP contribution in [0.4, 0.5) is 0 Å². The summed E-state index contributed by atoms with van der Waals surface area (Å²) < 4.78 is 55.0. The van der Waals surface area contributed by atoms with Crippen molar-refractivity contribution >= 4 is 91.1 Å². The van der Waals surface area contributed by atoms with E-state index in [0.29, 0.717) is 32.0 Å². The van der Waals surface area contributed by atoms with Crippen molar-refractivity contribution in [2.45, 2.75) is 0 Å². The third kappa shape index (κ3) is 16.7. The van der Waals surface area contributed by atoms with Crippen LogP contribution in [-0.2, 0) is 37.2 Å². The van der Waals surface area contributed by atoms with Crippen LogP contribution in [0.5, 0.6) is 0 Å². The molecule has 0 saturated carbocycles. The van der Waals surface area contributed by atoms with Crippen LogP contribution in [0.25, 0.3) is 117 Å². The van der Waals surface area contributed by atoms with Crippen molar-refractivity contribution in [3.63, 3.8) is 0 Å². The number of pyridine rings is 5. The Labute approximate surface area is 677 Å². The fourth-order valence-corrected chi connectivity index (χ4v) is 15.5. The average molecular weight is 1520 g/mol. The predicted octanol–water partition coefficient (Wildman–Crippen LogP) is 16.2. The second-order valence-electron chi connectivity index (χ2n) is 27.9. The molecule has 0 spiro atoms. The summed E-state index contributed by atoms with van der Waals surface area (Å²) in [4.78, 5) is 0. The number of benzene rings is 8. The number of rotatable bonds is 17. The molecular weight excluding hydrogens is 1440 g/mol. The van der Waals surface area contributed by atoms with Gasteiger partial charge in [-0.05, 0) is 117 Å². The minimum atomic E-state index is -1.52. The highest BCUT2D eigenvalue weighted by molar-refractivity contribution is 6.62. The van der Waals surface area contributed by atoms with Gasteiger partial charge in [-0.2, -0.15) is 0 Å². The summed E-state index contributed by atoms with van der Waals surface area (Å²) in [6.45, 7) is 2.60. The molecule has 12 heterocycles. The van der Waals surface area contributed by atoms with Crippen LogP contribution < -0.4 is 28.0 Å². The van der Waals surface area contributed by atoms with E-state index in [1.54, 1.807) is 34.5 Å². The van der Waals surface area contributed by atoms with Crippen LogP contribution >= 0.6 is 0 Å². The van der Waals surface area contributed by atoms with E-state index < -0.39 is 14.2 Å². The summed E-state index contributed by atoms with van der Waals surface area (Å²) in [5.74, 6) is 0. The molecule has 20 heteroatoms. The topological polar surface area (TPSA) is 136 Å². The van der Waals surface area contributed by atoms with Crippen LogP contribution in [-0.4, -0.2) is 123 Å². The van der Waals surface area contributed by atoms with Crippen LogP contribution in [0.1, 0.15) is 0 Å². The van der Waals surface area contributed by atoms with Gasteiger partial charge in [0.15, 0.2) is 0 Å². The van der Waals surface area contributed by atoms with Crippen LogP contribution in [0, 0.1) is 0 Å². The minimum Gasteiger partial charge on any atom is -0.422 e. The largest absolute Gasteiger partial charge is 0.511 e. The predicted molar refractivity (Wildman–Crippen MR) is 474 cm³/mol. The van der Waals surface area contributed by atoms with Crippen molar-refractivity contribution in [3.8, 4) is 89.0 Å². The number of aromatic nitrogens is 5. The summed E-state index contributed by atoms with van der Waals surface area (Å²) >= 11 is 0. The Morgan fingerprint density at radius 1 is 0.259 bits per heavy atom. The molecular formula is C96H84B5N5O10. The lowest BCUT2D eigenvalue weighted by Crippen LogP contribution is -2.38. The molecule has 0 radical (unpaired) electrons. The van der Waals surface area contributed by atoms with Gasteiger partial charge in [-0.1, -0.05) is 273 Å². The molecule has 0 atom stereocenters. The molecule has 18 aromatic rings. The number of nitrogens with zero attached hydrogens (tertiary/aromatic N) is 5. The molecule has 0 amide bonds. The van der Waals surface area contributed by atoms with Gasteiger partial charge in [0.1, 0.15) is 0 Å². The second-order valence-corrected chi connectivity index (χ2v) is 27.9. The molecule has 10 aromatic heterocycles.